The number of anilines is 1. The lowest BCUT2D eigenvalue weighted by atomic mass is 10.0. The molecule has 0 atom stereocenters. The molecule has 0 bridgehead atoms. The third-order valence-corrected chi connectivity index (χ3v) is 4.57. The quantitative estimate of drug-likeness (QED) is 0.696. The SMILES string of the molecule is Cc1ccc(C)c(CC(=O)Nc2nnc(Cc3ccc(C(C)C)cc3)o2)c1. The van der Waals surface area contributed by atoms with Crippen molar-refractivity contribution in [3.8, 4) is 0 Å². The Morgan fingerprint density at radius 1 is 1.07 bits per heavy atom. The van der Waals surface area contributed by atoms with Crippen LogP contribution in [0.5, 0.6) is 0 Å². The molecule has 1 heterocycles. The number of hydrogen-bond donors (Lipinski definition) is 1. The smallest absolute Gasteiger partial charge is 0.322 e. The summed E-state index contributed by atoms with van der Waals surface area (Å²) in [5, 5.41) is 10.6. The van der Waals surface area contributed by atoms with Gasteiger partial charge in [0.1, 0.15) is 0 Å². The van der Waals surface area contributed by atoms with E-state index in [4.69, 9.17) is 4.42 Å². The molecule has 0 aliphatic carbocycles. The van der Waals surface area contributed by atoms with Gasteiger partial charge in [-0.25, -0.2) is 0 Å². The van der Waals surface area contributed by atoms with Crippen molar-refractivity contribution in [3.05, 3.63) is 76.2 Å². The first-order valence-electron chi connectivity index (χ1n) is 9.18. The Hall–Kier alpha value is -2.95. The second-order valence-electron chi connectivity index (χ2n) is 7.23. The summed E-state index contributed by atoms with van der Waals surface area (Å²) in [6.45, 7) is 8.34. The van der Waals surface area contributed by atoms with E-state index in [9.17, 15) is 4.79 Å². The Morgan fingerprint density at radius 2 is 1.81 bits per heavy atom. The van der Waals surface area contributed by atoms with Gasteiger partial charge in [0, 0.05) is 0 Å². The average molecular weight is 363 g/mol. The summed E-state index contributed by atoms with van der Waals surface area (Å²) in [6, 6.07) is 14.6. The van der Waals surface area contributed by atoms with Crippen LogP contribution < -0.4 is 5.32 Å². The number of nitrogens with one attached hydrogen (secondary N) is 1. The lowest BCUT2D eigenvalue weighted by Gasteiger charge is -2.06. The zero-order valence-electron chi connectivity index (χ0n) is 16.2. The molecule has 5 heteroatoms. The van der Waals surface area contributed by atoms with Crippen LogP contribution in [0.1, 0.15) is 53.5 Å². The lowest BCUT2D eigenvalue weighted by Crippen LogP contribution is -2.15. The molecule has 1 aromatic heterocycles. The van der Waals surface area contributed by atoms with E-state index in [2.05, 4.69) is 53.6 Å². The Bertz CT molecular complexity index is 927. The van der Waals surface area contributed by atoms with Crippen LogP contribution >= 0.6 is 0 Å². The van der Waals surface area contributed by atoms with Gasteiger partial charge in [-0.15, -0.1) is 5.10 Å². The summed E-state index contributed by atoms with van der Waals surface area (Å²) in [4.78, 5) is 12.3. The fourth-order valence-corrected chi connectivity index (χ4v) is 2.90. The minimum absolute atomic E-state index is 0.138. The van der Waals surface area contributed by atoms with Gasteiger partial charge in [-0.05, 0) is 42.0 Å². The predicted octanol–water partition coefficient (Wildman–Crippen LogP) is 4.58. The maximum Gasteiger partial charge on any atom is 0.322 e. The molecule has 0 aliphatic rings. The number of nitrogens with zero attached hydrogens (tertiary/aromatic N) is 2. The molecular formula is C22H25N3O2. The molecule has 27 heavy (non-hydrogen) atoms. The van der Waals surface area contributed by atoms with E-state index < -0.39 is 0 Å². The van der Waals surface area contributed by atoms with E-state index in [1.807, 2.05) is 32.0 Å². The van der Waals surface area contributed by atoms with Crippen molar-refractivity contribution in [1.82, 2.24) is 10.2 Å². The Morgan fingerprint density at radius 3 is 2.52 bits per heavy atom. The minimum atomic E-state index is -0.166. The van der Waals surface area contributed by atoms with Gasteiger partial charge in [0.05, 0.1) is 12.8 Å². The fraction of sp³-hybridized carbons (Fsp3) is 0.318. The highest BCUT2D eigenvalue weighted by atomic mass is 16.4. The van der Waals surface area contributed by atoms with Crippen LogP contribution in [0.15, 0.2) is 46.9 Å². The third-order valence-electron chi connectivity index (χ3n) is 4.57. The Kier molecular flexibility index (Phi) is 5.69. The molecule has 0 fully saturated rings. The van der Waals surface area contributed by atoms with Crippen LogP contribution in [0.4, 0.5) is 6.01 Å². The molecule has 0 unspecified atom stereocenters. The van der Waals surface area contributed by atoms with Gasteiger partial charge in [-0.3, -0.25) is 10.1 Å². The summed E-state index contributed by atoms with van der Waals surface area (Å²) in [6.07, 6.45) is 0.820. The number of carbonyl (C=O) groups is 1. The minimum Gasteiger partial charge on any atom is -0.407 e. The van der Waals surface area contributed by atoms with Gasteiger partial charge >= 0.3 is 6.01 Å². The van der Waals surface area contributed by atoms with Crippen LogP contribution in [-0.2, 0) is 17.6 Å². The van der Waals surface area contributed by atoms with Crippen molar-refractivity contribution in [2.45, 2.75) is 46.5 Å². The molecular weight excluding hydrogens is 338 g/mol. The van der Waals surface area contributed by atoms with Crippen molar-refractivity contribution in [2.75, 3.05) is 5.32 Å². The van der Waals surface area contributed by atoms with E-state index in [1.54, 1.807) is 0 Å². The largest absolute Gasteiger partial charge is 0.407 e. The van der Waals surface area contributed by atoms with Gasteiger partial charge in [-0.2, -0.15) is 0 Å². The lowest BCUT2D eigenvalue weighted by molar-refractivity contribution is -0.115. The first kappa shape index (κ1) is 18.8. The van der Waals surface area contributed by atoms with Crippen LogP contribution in [0.25, 0.3) is 0 Å². The normalized spacial score (nSPS) is 11.0. The van der Waals surface area contributed by atoms with Crippen molar-refractivity contribution in [2.24, 2.45) is 0 Å². The van der Waals surface area contributed by atoms with Gasteiger partial charge in [0.25, 0.3) is 0 Å². The molecule has 1 amide bonds. The second kappa shape index (κ2) is 8.16. The molecule has 0 radical (unpaired) electrons. The number of aryl methyl sites for hydroxylation is 2. The molecule has 140 valence electrons. The van der Waals surface area contributed by atoms with Crippen LogP contribution in [0, 0.1) is 13.8 Å². The van der Waals surface area contributed by atoms with E-state index in [1.165, 1.54) is 5.56 Å². The monoisotopic (exact) mass is 363 g/mol. The second-order valence-corrected chi connectivity index (χ2v) is 7.23. The van der Waals surface area contributed by atoms with Crippen LogP contribution in [0.3, 0.4) is 0 Å². The average Bonchev–Trinajstić information content (AvgIpc) is 3.05. The number of hydrogen-bond acceptors (Lipinski definition) is 4. The van der Waals surface area contributed by atoms with Crippen molar-refractivity contribution in [1.29, 1.82) is 0 Å². The molecule has 5 nitrogen and oxygen atoms in total. The number of amides is 1. The molecule has 1 N–H and O–H groups in total. The highest BCUT2D eigenvalue weighted by molar-refractivity contribution is 5.90. The van der Waals surface area contributed by atoms with Gasteiger partial charge in [0.15, 0.2) is 0 Å². The number of benzene rings is 2. The maximum atomic E-state index is 12.3. The van der Waals surface area contributed by atoms with E-state index in [0.29, 0.717) is 18.2 Å². The first-order valence-corrected chi connectivity index (χ1v) is 9.18. The van der Waals surface area contributed by atoms with Gasteiger partial charge in [0.2, 0.25) is 11.8 Å². The van der Waals surface area contributed by atoms with E-state index in [0.717, 1.165) is 22.3 Å². The van der Waals surface area contributed by atoms with Crippen molar-refractivity contribution < 1.29 is 9.21 Å². The van der Waals surface area contributed by atoms with Gasteiger partial charge in [-0.1, -0.05) is 67.0 Å². The standard InChI is InChI=1S/C22H25N3O2/c1-14(2)18-9-7-17(8-10-18)12-21-24-25-22(27-21)23-20(26)13-19-11-15(3)5-6-16(19)4/h5-11,14H,12-13H2,1-4H3,(H,23,25,26). The zero-order chi connectivity index (χ0) is 19.4. The van der Waals surface area contributed by atoms with E-state index >= 15 is 0 Å². The summed E-state index contributed by atoms with van der Waals surface area (Å²) in [7, 11) is 0. The molecule has 2 aromatic carbocycles. The van der Waals surface area contributed by atoms with Crippen LogP contribution in [-0.4, -0.2) is 16.1 Å². The van der Waals surface area contributed by atoms with Crippen molar-refractivity contribution in [3.63, 3.8) is 0 Å². The number of rotatable bonds is 6. The summed E-state index contributed by atoms with van der Waals surface area (Å²) < 4.78 is 5.57. The number of aromatic nitrogens is 2. The zero-order valence-corrected chi connectivity index (χ0v) is 16.2. The molecule has 0 spiro atoms. The third kappa shape index (κ3) is 5.03. The fourth-order valence-electron chi connectivity index (χ4n) is 2.90. The highest BCUT2D eigenvalue weighted by Gasteiger charge is 2.12. The molecule has 0 saturated heterocycles. The summed E-state index contributed by atoms with van der Waals surface area (Å²) in [5.41, 5.74) is 5.61. The first-order chi connectivity index (χ1) is 12.9. The maximum absolute atomic E-state index is 12.3. The van der Waals surface area contributed by atoms with Gasteiger partial charge < -0.3 is 4.42 Å². The van der Waals surface area contributed by atoms with Crippen molar-refractivity contribution >= 4 is 11.9 Å². The topological polar surface area (TPSA) is 68.0 Å². The van der Waals surface area contributed by atoms with E-state index in [-0.39, 0.29) is 18.3 Å². The Balaban J connectivity index is 1.60. The Labute approximate surface area is 159 Å². The molecule has 3 rings (SSSR count). The molecule has 0 saturated carbocycles. The highest BCUT2D eigenvalue weighted by Crippen LogP contribution is 2.17. The van der Waals surface area contributed by atoms with Crippen LogP contribution in [0.2, 0.25) is 0 Å². The molecule has 0 aliphatic heterocycles. The summed E-state index contributed by atoms with van der Waals surface area (Å²) >= 11 is 0. The predicted molar refractivity (Wildman–Crippen MR) is 106 cm³/mol. The summed E-state index contributed by atoms with van der Waals surface area (Å²) in [5.74, 6) is 0.816. The number of carbonyl (C=O) groups excluding carboxylic acids is 1. The molecule has 3 aromatic rings.